The molecule has 0 amide bonds. The molecule has 0 aliphatic carbocycles. The molecule has 2 aromatic rings. The average Bonchev–Trinajstić information content (AvgIpc) is 2.45. The molecule has 0 bridgehead atoms. The van der Waals surface area contributed by atoms with Gasteiger partial charge in [-0.25, -0.2) is 0 Å². The van der Waals surface area contributed by atoms with Crippen LogP contribution in [-0.2, 0) is 12.0 Å². The zero-order chi connectivity index (χ0) is 15.5. The normalized spacial score (nSPS) is 11.9. The average molecular weight is 282 g/mol. The zero-order valence-corrected chi connectivity index (χ0v) is 13.8. The van der Waals surface area contributed by atoms with Gasteiger partial charge in [-0.15, -0.1) is 0 Å². The Morgan fingerprint density at radius 2 is 1.67 bits per heavy atom. The Hall–Kier alpha value is -1.67. The molecule has 21 heavy (non-hydrogen) atoms. The maximum atomic E-state index is 4.37. The van der Waals surface area contributed by atoms with Crippen molar-refractivity contribution in [2.24, 2.45) is 0 Å². The minimum Gasteiger partial charge on any atom is -0.310 e. The fraction of sp³-hybridized carbons (Fsp3) is 0.421. The molecule has 2 nitrogen and oxygen atoms in total. The Labute approximate surface area is 128 Å². The van der Waals surface area contributed by atoms with Gasteiger partial charge in [0, 0.05) is 30.5 Å². The summed E-state index contributed by atoms with van der Waals surface area (Å²) >= 11 is 0. The SMILES string of the molecule is CC(C)NCc1cncc(-c2ccc(C(C)(C)C)cc2)c1. The third kappa shape index (κ3) is 4.40. The molecule has 0 fully saturated rings. The van der Waals surface area contributed by atoms with E-state index in [1.807, 2.05) is 12.4 Å². The van der Waals surface area contributed by atoms with E-state index < -0.39 is 0 Å². The summed E-state index contributed by atoms with van der Waals surface area (Å²) in [6.07, 6.45) is 3.87. The van der Waals surface area contributed by atoms with E-state index in [0.29, 0.717) is 6.04 Å². The summed E-state index contributed by atoms with van der Waals surface area (Å²) in [6, 6.07) is 11.5. The monoisotopic (exact) mass is 282 g/mol. The largest absolute Gasteiger partial charge is 0.310 e. The lowest BCUT2D eigenvalue weighted by Crippen LogP contribution is -2.21. The van der Waals surface area contributed by atoms with Crippen LogP contribution >= 0.6 is 0 Å². The topological polar surface area (TPSA) is 24.9 Å². The Morgan fingerprint density at radius 1 is 1.00 bits per heavy atom. The van der Waals surface area contributed by atoms with Crippen molar-refractivity contribution in [3.63, 3.8) is 0 Å². The van der Waals surface area contributed by atoms with Crippen LogP contribution in [0.4, 0.5) is 0 Å². The van der Waals surface area contributed by atoms with Gasteiger partial charge in [-0.3, -0.25) is 4.98 Å². The molecule has 0 atom stereocenters. The van der Waals surface area contributed by atoms with Gasteiger partial charge in [0.05, 0.1) is 0 Å². The van der Waals surface area contributed by atoms with Crippen LogP contribution in [0.1, 0.15) is 45.7 Å². The molecular weight excluding hydrogens is 256 g/mol. The second-order valence-corrected chi connectivity index (χ2v) is 6.94. The van der Waals surface area contributed by atoms with E-state index in [4.69, 9.17) is 0 Å². The smallest absolute Gasteiger partial charge is 0.0346 e. The highest BCUT2D eigenvalue weighted by Gasteiger charge is 2.13. The summed E-state index contributed by atoms with van der Waals surface area (Å²) < 4.78 is 0. The maximum absolute atomic E-state index is 4.37. The Bertz CT molecular complexity index is 577. The molecule has 0 radical (unpaired) electrons. The number of hydrogen-bond acceptors (Lipinski definition) is 2. The van der Waals surface area contributed by atoms with Crippen molar-refractivity contribution in [3.8, 4) is 11.1 Å². The fourth-order valence-electron chi connectivity index (χ4n) is 2.23. The van der Waals surface area contributed by atoms with Gasteiger partial charge in [0.2, 0.25) is 0 Å². The number of benzene rings is 1. The van der Waals surface area contributed by atoms with E-state index in [0.717, 1.165) is 6.54 Å². The van der Waals surface area contributed by atoms with Gasteiger partial charge in [0.25, 0.3) is 0 Å². The highest BCUT2D eigenvalue weighted by molar-refractivity contribution is 5.63. The number of hydrogen-bond donors (Lipinski definition) is 1. The Morgan fingerprint density at radius 3 is 2.24 bits per heavy atom. The first-order valence-corrected chi connectivity index (χ1v) is 7.64. The third-order valence-corrected chi connectivity index (χ3v) is 3.59. The summed E-state index contributed by atoms with van der Waals surface area (Å²) in [5.41, 5.74) is 5.18. The van der Waals surface area contributed by atoms with Crippen LogP contribution in [0.3, 0.4) is 0 Å². The minimum absolute atomic E-state index is 0.194. The van der Waals surface area contributed by atoms with Gasteiger partial charge >= 0.3 is 0 Å². The van der Waals surface area contributed by atoms with Crippen LogP contribution in [0, 0.1) is 0 Å². The van der Waals surface area contributed by atoms with Crippen molar-refractivity contribution < 1.29 is 0 Å². The predicted molar refractivity (Wildman–Crippen MR) is 90.3 cm³/mol. The molecule has 0 saturated carbocycles. The maximum Gasteiger partial charge on any atom is 0.0346 e. The molecule has 0 unspecified atom stereocenters. The van der Waals surface area contributed by atoms with Gasteiger partial charge in [0.1, 0.15) is 0 Å². The number of nitrogens with zero attached hydrogens (tertiary/aromatic N) is 1. The Balaban J connectivity index is 2.20. The first kappa shape index (κ1) is 15.7. The molecule has 1 aromatic carbocycles. The first-order chi connectivity index (χ1) is 9.86. The zero-order valence-electron chi connectivity index (χ0n) is 13.8. The minimum atomic E-state index is 0.194. The summed E-state index contributed by atoms with van der Waals surface area (Å²) in [7, 11) is 0. The van der Waals surface area contributed by atoms with Crippen LogP contribution in [0.5, 0.6) is 0 Å². The lowest BCUT2D eigenvalue weighted by atomic mass is 9.86. The second-order valence-electron chi connectivity index (χ2n) is 6.94. The fourth-order valence-corrected chi connectivity index (χ4v) is 2.23. The number of pyridine rings is 1. The Kier molecular flexibility index (Phi) is 4.79. The number of nitrogens with one attached hydrogen (secondary N) is 1. The van der Waals surface area contributed by atoms with Crippen molar-refractivity contribution >= 4 is 0 Å². The second kappa shape index (κ2) is 6.40. The van der Waals surface area contributed by atoms with E-state index in [1.54, 1.807) is 0 Å². The van der Waals surface area contributed by atoms with Crippen LogP contribution < -0.4 is 5.32 Å². The predicted octanol–water partition coefficient (Wildman–Crippen LogP) is 4.54. The molecule has 1 N–H and O–H groups in total. The molecule has 0 aliphatic rings. The molecule has 112 valence electrons. The van der Waals surface area contributed by atoms with Crippen molar-refractivity contribution in [2.75, 3.05) is 0 Å². The lowest BCUT2D eigenvalue weighted by Gasteiger charge is -2.19. The van der Waals surface area contributed by atoms with Crippen molar-refractivity contribution in [2.45, 2.75) is 52.6 Å². The molecule has 1 aromatic heterocycles. The molecular formula is C19H26N2. The standard InChI is InChI=1S/C19H26N2/c1-14(2)21-12-15-10-17(13-20-11-15)16-6-8-18(9-7-16)19(3,4)5/h6-11,13-14,21H,12H2,1-5H3. The van der Waals surface area contributed by atoms with Gasteiger partial charge in [-0.05, 0) is 28.2 Å². The van der Waals surface area contributed by atoms with E-state index in [9.17, 15) is 0 Å². The molecule has 0 spiro atoms. The molecule has 1 heterocycles. The van der Waals surface area contributed by atoms with Gasteiger partial charge in [-0.1, -0.05) is 58.9 Å². The lowest BCUT2D eigenvalue weighted by molar-refractivity contribution is 0.588. The quantitative estimate of drug-likeness (QED) is 0.890. The van der Waals surface area contributed by atoms with Gasteiger partial charge in [-0.2, -0.15) is 0 Å². The van der Waals surface area contributed by atoms with Crippen molar-refractivity contribution in [1.29, 1.82) is 0 Å². The molecule has 0 aliphatic heterocycles. The van der Waals surface area contributed by atoms with Crippen molar-refractivity contribution in [3.05, 3.63) is 53.9 Å². The van der Waals surface area contributed by atoms with Crippen LogP contribution in [0.25, 0.3) is 11.1 Å². The highest BCUT2D eigenvalue weighted by atomic mass is 14.9. The van der Waals surface area contributed by atoms with E-state index in [-0.39, 0.29) is 5.41 Å². The van der Waals surface area contributed by atoms with Crippen LogP contribution in [-0.4, -0.2) is 11.0 Å². The third-order valence-electron chi connectivity index (χ3n) is 3.59. The van der Waals surface area contributed by atoms with Gasteiger partial charge < -0.3 is 5.32 Å². The van der Waals surface area contributed by atoms with E-state index in [1.165, 1.54) is 22.3 Å². The summed E-state index contributed by atoms with van der Waals surface area (Å²) in [5.74, 6) is 0. The van der Waals surface area contributed by atoms with E-state index in [2.05, 4.69) is 75.3 Å². The molecule has 2 rings (SSSR count). The first-order valence-electron chi connectivity index (χ1n) is 7.64. The summed E-state index contributed by atoms with van der Waals surface area (Å²) in [6.45, 7) is 11.9. The van der Waals surface area contributed by atoms with Crippen LogP contribution in [0.15, 0.2) is 42.7 Å². The van der Waals surface area contributed by atoms with Crippen LogP contribution in [0.2, 0.25) is 0 Å². The summed E-state index contributed by atoms with van der Waals surface area (Å²) in [5, 5.41) is 3.43. The molecule has 2 heteroatoms. The number of aromatic nitrogens is 1. The van der Waals surface area contributed by atoms with E-state index >= 15 is 0 Å². The summed E-state index contributed by atoms with van der Waals surface area (Å²) in [4.78, 5) is 4.37. The number of rotatable bonds is 4. The van der Waals surface area contributed by atoms with Crippen molar-refractivity contribution in [1.82, 2.24) is 10.3 Å². The van der Waals surface area contributed by atoms with Gasteiger partial charge in [0.15, 0.2) is 0 Å². The highest BCUT2D eigenvalue weighted by Crippen LogP contribution is 2.26. The molecule has 0 saturated heterocycles.